The minimum atomic E-state index is -0.289. The van der Waals surface area contributed by atoms with Gasteiger partial charge in [-0.25, -0.2) is 11.6 Å². The quantitative estimate of drug-likeness (QED) is 0.795. The second kappa shape index (κ2) is 5.82. The van der Waals surface area contributed by atoms with Crippen LogP contribution < -0.4 is 0 Å². The second-order valence-electron chi connectivity index (χ2n) is 6.27. The summed E-state index contributed by atoms with van der Waals surface area (Å²) in [6.45, 7) is 7.81. The van der Waals surface area contributed by atoms with Crippen LogP contribution in [0.4, 0.5) is 5.82 Å². The fourth-order valence-electron chi connectivity index (χ4n) is 3.90. The van der Waals surface area contributed by atoms with Gasteiger partial charge in [-0.05, 0) is 24.5 Å². The number of nitrogens with one attached hydrogen (secondary N) is 1. The van der Waals surface area contributed by atoms with Crippen LogP contribution in [0.1, 0.15) is 42.7 Å². The van der Waals surface area contributed by atoms with E-state index in [9.17, 15) is 0 Å². The van der Waals surface area contributed by atoms with Gasteiger partial charge < -0.3 is 4.85 Å². The molecule has 0 amide bonds. The Balaban J connectivity index is 1.87. The highest BCUT2D eigenvalue weighted by molar-refractivity contribution is 6.31. The van der Waals surface area contributed by atoms with Crippen LogP contribution in [0.15, 0.2) is 35.5 Å². The Morgan fingerprint density at radius 3 is 2.70 bits per heavy atom. The van der Waals surface area contributed by atoms with Crippen LogP contribution in [-0.2, 0) is 0 Å². The number of aliphatic imine (C=N–C) groups is 1. The van der Waals surface area contributed by atoms with Crippen molar-refractivity contribution in [1.29, 1.82) is 0 Å². The van der Waals surface area contributed by atoms with Gasteiger partial charge in [-0.2, -0.15) is 5.10 Å². The van der Waals surface area contributed by atoms with Gasteiger partial charge in [-0.15, -0.1) is 0 Å². The molecule has 1 aromatic heterocycles. The van der Waals surface area contributed by atoms with E-state index < -0.39 is 0 Å². The monoisotopic (exact) mass is 324 g/mol. The number of hydrogen-bond donors (Lipinski definition) is 1. The van der Waals surface area contributed by atoms with E-state index in [1.807, 2.05) is 24.3 Å². The average molecular weight is 325 g/mol. The summed E-state index contributed by atoms with van der Waals surface area (Å²) in [5.74, 6) is 1.11. The van der Waals surface area contributed by atoms with E-state index in [1.54, 1.807) is 6.20 Å². The van der Waals surface area contributed by atoms with Gasteiger partial charge in [0.2, 0.25) is 0 Å². The Labute approximate surface area is 140 Å². The van der Waals surface area contributed by atoms with Gasteiger partial charge >= 0.3 is 0 Å². The number of rotatable bonds is 2. The minimum absolute atomic E-state index is 0.0944. The first-order chi connectivity index (χ1) is 11.3. The number of benzene rings is 1. The molecule has 4 nitrogen and oxygen atoms in total. The molecule has 23 heavy (non-hydrogen) atoms. The van der Waals surface area contributed by atoms with E-state index in [1.165, 1.54) is 12.8 Å². The number of hydrogen-bond acceptors (Lipinski definition) is 2. The predicted molar refractivity (Wildman–Crippen MR) is 91.3 cm³/mol. The van der Waals surface area contributed by atoms with Crippen LogP contribution in [0.25, 0.3) is 4.85 Å². The maximum atomic E-state index is 7.81. The summed E-state index contributed by atoms with van der Waals surface area (Å²) in [6.07, 6.45) is 6.49. The zero-order valence-corrected chi connectivity index (χ0v) is 13.4. The van der Waals surface area contributed by atoms with Crippen molar-refractivity contribution >= 4 is 23.1 Å². The summed E-state index contributed by atoms with van der Waals surface area (Å²) < 4.78 is 0. The molecule has 1 aromatic carbocycles. The summed E-state index contributed by atoms with van der Waals surface area (Å²) in [4.78, 5) is 8.76. The Morgan fingerprint density at radius 2 is 1.96 bits per heavy atom. The van der Waals surface area contributed by atoms with Crippen LogP contribution in [-0.4, -0.2) is 22.0 Å². The third-order valence-electron chi connectivity index (χ3n) is 5.00. The van der Waals surface area contributed by atoms with Crippen molar-refractivity contribution in [3.8, 4) is 0 Å². The van der Waals surface area contributed by atoms with Gasteiger partial charge in [0.25, 0.3) is 6.04 Å². The van der Waals surface area contributed by atoms with Gasteiger partial charge in [-0.3, -0.25) is 5.10 Å². The lowest BCUT2D eigenvalue weighted by atomic mass is 9.78. The summed E-state index contributed by atoms with van der Waals surface area (Å²) in [5.41, 5.74) is 2.98. The molecule has 1 N–H and O–H groups in total. The number of fused-ring (bicyclic) bond motifs is 1. The second-order valence-corrected chi connectivity index (χ2v) is 6.67. The fraction of sp³-hybridized carbons (Fsp3) is 0.389. The van der Waals surface area contributed by atoms with E-state index in [0.29, 0.717) is 10.9 Å². The molecule has 2 unspecified atom stereocenters. The largest absolute Gasteiger partial charge is 0.306 e. The van der Waals surface area contributed by atoms with Crippen LogP contribution in [0.5, 0.6) is 0 Å². The standard InChI is InChI=1S/C18H17ClN4/c1-20-17-15(12-8-4-5-9-14(12)19)13-10-21-23-18(13)22-16(17)11-6-2-3-7-11/h4-5,8-11,15,17H,2-3,6-7H2,(H,21,23). The van der Waals surface area contributed by atoms with Crippen molar-refractivity contribution in [2.75, 3.05) is 0 Å². The highest BCUT2D eigenvalue weighted by Crippen LogP contribution is 2.44. The van der Waals surface area contributed by atoms with E-state index in [4.69, 9.17) is 23.2 Å². The highest BCUT2D eigenvalue weighted by Gasteiger charge is 2.44. The number of halogens is 1. The van der Waals surface area contributed by atoms with E-state index in [2.05, 4.69) is 15.0 Å². The Bertz CT molecular complexity index is 795. The van der Waals surface area contributed by atoms with E-state index in [-0.39, 0.29) is 12.0 Å². The van der Waals surface area contributed by atoms with E-state index >= 15 is 0 Å². The van der Waals surface area contributed by atoms with Gasteiger partial charge in [-0.1, -0.05) is 42.6 Å². The van der Waals surface area contributed by atoms with Crippen molar-refractivity contribution in [2.24, 2.45) is 10.9 Å². The van der Waals surface area contributed by atoms with Crippen LogP contribution in [0.3, 0.4) is 0 Å². The Morgan fingerprint density at radius 1 is 1.17 bits per heavy atom. The third kappa shape index (κ3) is 2.36. The van der Waals surface area contributed by atoms with Crippen LogP contribution >= 0.6 is 11.6 Å². The lowest BCUT2D eigenvalue weighted by Crippen LogP contribution is -2.33. The summed E-state index contributed by atoms with van der Waals surface area (Å²) >= 11 is 6.45. The molecule has 0 bridgehead atoms. The molecule has 1 saturated carbocycles. The first-order valence-corrected chi connectivity index (χ1v) is 8.40. The molecule has 116 valence electrons. The molecule has 2 heterocycles. The minimum Gasteiger partial charge on any atom is -0.306 e. The summed E-state index contributed by atoms with van der Waals surface area (Å²) in [5, 5.41) is 7.85. The van der Waals surface area contributed by atoms with Crippen LogP contribution in [0.2, 0.25) is 5.02 Å². The lowest BCUT2D eigenvalue weighted by Gasteiger charge is -2.27. The fourth-order valence-corrected chi connectivity index (χ4v) is 4.16. The molecule has 2 aliphatic rings. The zero-order chi connectivity index (χ0) is 15.8. The lowest BCUT2D eigenvalue weighted by molar-refractivity contribution is 0.670. The molecule has 2 aromatic rings. The number of H-pyrrole nitrogens is 1. The molecule has 1 fully saturated rings. The highest BCUT2D eigenvalue weighted by atomic mass is 35.5. The summed E-state index contributed by atoms with van der Waals surface area (Å²) in [7, 11) is 0. The molecule has 5 heteroatoms. The maximum absolute atomic E-state index is 7.81. The van der Waals surface area contributed by atoms with E-state index in [0.717, 1.165) is 35.5 Å². The topological polar surface area (TPSA) is 45.4 Å². The molecule has 0 radical (unpaired) electrons. The number of nitrogens with zero attached hydrogens (tertiary/aromatic N) is 3. The number of aromatic amines is 1. The Kier molecular flexibility index (Phi) is 3.66. The third-order valence-corrected chi connectivity index (χ3v) is 5.34. The maximum Gasteiger partial charge on any atom is 0.272 e. The van der Waals surface area contributed by atoms with Crippen molar-refractivity contribution in [2.45, 2.75) is 37.6 Å². The first-order valence-electron chi connectivity index (χ1n) is 8.02. The van der Waals surface area contributed by atoms with Gasteiger partial charge in [0.1, 0.15) is 5.71 Å². The average Bonchev–Trinajstić information content (AvgIpc) is 3.25. The molecule has 1 aliphatic carbocycles. The molecular formula is C18H17ClN4. The molecule has 4 rings (SSSR count). The van der Waals surface area contributed by atoms with Gasteiger partial charge in [0.15, 0.2) is 5.82 Å². The smallest absolute Gasteiger partial charge is 0.272 e. The molecule has 1 aliphatic heterocycles. The predicted octanol–water partition coefficient (Wildman–Crippen LogP) is 4.76. The van der Waals surface area contributed by atoms with Crippen LogP contribution in [0, 0.1) is 12.5 Å². The zero-order valence-electron chi connectivity index (χ0n) is 12.7. The summed E-state index contributed by atoms with van der Waals surface area (Å²) in [6, 6.07) is 7.51. The first kappa shape index (κ1) is 14.5. The molecule has 2 atom stereocenters. The Hall–Kier alpha value is -2.12. The van der Waals surface area contributed by atoms with Crippen molar-refractivity contribution in [1.82, 2.24) is 10.2 Å². The van der Waals surface area contributed by atoms with Crippen molar-refractivity contribution < 1.29 is 0 Å². The van der Waals surface area contributed by atoms with Crippen molar-refractivity contribution in [3.05, 3.63) is 58.0 Å². The van der Waals surface area contributed by atoms with Gasteiger partial charge in [0.05, 0.1) is 12.1 Å². The molecular weight excluding hydrogens is 308 g/mol. The van der Waals surface area contributed by atoms with Gasteiger partial charge in [0, 0.05) is 16.5 Å². The van der Waals surface area contributed by atoms with Crippen molar-refractivity contribution in [3.63, 3.8) is 0 Å². The SMILES string of the molecule is [C-]#[N+]C1C(C2CCCC2)=Nc2[nH]ncc2C1c1ccccc1Cl. The number of aromatic nitrogens is 2. The normalized spacial score (nSPS) is 24.1. The molecule has 0 spiro atoms. The molecule has 0 saturated heterocycles.